The van der Waals surface area contributed by atoms with E-state index in [1.807, 2.05) is 24.3 Å². The third-order valence-electron chi connectivity index (χ3n) is 4.69. The molecule has 1 N–H and O–H groups in total. The van der Waals surface area contributed by atoms with Crippen molar-refractivity contribution < 1.29 is 17.9 Å². The largest absolute Gasteiger partial charge is 0.496 e. The lowest BCUT2D eigenvalue weighted by Gasteiger charge is -2.29. The maximum absolute atomic E-state index is 12.5. The lowest BCUT2D eigenvalue weighted by Crippen LogP contribution is -2.34. The van der Waals surface area contributed by atoms with Crippen LogP contribution in [-0.4, -0.2) is 40.8 Å². The Labute approximate surface area is 160 Å². The molecule has 27 heavy (non-hydrogen) atoms. The molecule has 7 heteroatoms. The van der Waals surface area contributed by atoms with Gasteiger partial charge in [-0.1, -0.05) is 18.2 Å². The molecular weight excluding hydrogens is 364 g/mol. The van der Waals surface area contributed by atoms with Gasteiger partial charge in [-0.05, 0) is 54.7 Å². The maximum atomic E-state index is 12.5. The number of nitrogens with one attached hydrogen (secondary N) is 1. The monoisotopic (exact) mass is 388 g/mol. The third kappa shape index (κ3) is 4.42. The van der Waals surface area contributed by atoms with E-state index in [2.05, 4.69) is 5.32 Å². The van der Waals surface area contributed by atoms with Crippen molar-refractivity contribution in [3.63, 3.8) is 0 Å². The molecule has 0 saturated carbocycles. The number of carbonyl (C=O) groups excluding carboxylic acids is 1. The molecule has 0 atom stereocenters. The molecule has 2 aromatic rings. The van der Waals surface area contributed by atoms with Gasteiger partial charge in [-0.15, -0.1) is 0 Å². The highest BCUT2D eigenvalue weighted by atomic mass is 32.2. The summed E-state index contributed by atoms with van der Waals surface area (Å²) >= 11 is 0. The molecule has 0 radical (unpaired) electrons. The fourth-order valence-corrected chi connectivity index (χ4v) is 4.37. The van der Waals surface area contributed by atoms with Crippen LogP contribution >= 0.6 is 0 Å². The van der Waals surface area contributed by atoms with Crippen LogP contribution in [0.15, 0.2) is 42.5 Å². The Morgan fingerprint density at radius 1 is 1.22 bits per heavy atom. The number of hydrogen-bond donors (Lipinski definition) is 1. The maximum Gasteiger partial charge on any atom is 0.251 e. The summed E-state index contributed by atoms with van der Waals surface area (Å²) in [6.07, 6.45) is 3.39. The van der Waals surface area contributed by atoms with Crippen LogP contribution in [0.3, 0.4) is 0 Å². The second kappa shape index (κ2) is 8.00. The van der Waals surface area contributed by atoms with Crippen molar-refractivity contribution in [2.75, 3.05) is 30.8 Å². The SMILES string of the molecule is COc1ccccc1CCNC(=O)c1ccc2c(c1)CCCN2S(C)(=O)=O. The van der Waals surface area contributed by atoms with Crippen molar-refractivity contribution in [3.8, 4) is 5.75 Å². The van der Waals surface area contributed by atoms with Gasteiger partial charge in [-0.25, -0.2) is 8.42 Å². The van der Waals surface area contributed by atoms with Gasteiger partial charge in [0.2, 0.25) is 10.0 Å². The van der Waals surface area contributed by atoms with Gasteiger partial charge in [0, 0.05) is 18.7 Å². The van der Waals surface area contributed by atoms with E-state index in [4.69, 9.17) is 4.74 Å². The van der Waals surface area contributed by atoms with Crippen LogP contribution in [0.4, 0.5) is 5.69 Å². The van der Waals surface area contributed by atoms with E-state index in [0.29, 0.717) is 30.8 Å². The number of hydrogen-bond acceptors (Lipinski definition) is 4. The summed E-state index contributed by atoms with van der Waals surface area (Å²) in [7, 11) is -1.67. The first-order valence-electron chi connectivity index (χ1n) is 8.91. The Bertz CT molecular complexity index is 941. The number of para-hydroxylation sites is 1. The van der Waals surface area contributed by atoms with E-state index in [1.54, 1.807) is 25.3 Å². The molecule has 0 spiro atoms. The predicted octanol–water partition coefficient (Wildman–Crippen LogP) is 2.38. The first-order valence-corrected chi connectivity index (χ1v) is 10.8. The Hall–Kier alpha value is -2.54. The van der Waals surface area contributed by atoms with Crippen molar-refractivity contribution in [3.05, 3.63) is 59.2 Å². The quantitative estimate of drug-likeness (QED) is 0.824. The number of ether oxygens (including phenoxy) is 1. The zero-order valence-electron chi connectivity index (χ0n) is 15.6. The van der Waals surface area contributed by atoms with Crippen LogP contribution in [0, 0.1) is 0 Å². The van der Waals surface area contributed by atoms with Crippen molar-refractivity contribution in [1.29, 1.82) is 0 Å². The summed E-state index contributed by atoms with van der Waals surface area (Å²) in [4.78, 5) is 12.5. The van der Waals surface area contributed by atoms with E-state index < -0.39 is 10.0 Å². The highest BCUT2D eigenvalue weighted by Gasteiger charge is 2.24. The number of nitrogens with zero attached hydrogens (tertiary/aromatic N) is 1. The van der Waals surface area contributed by atoms with Crippen molar-refractivity contribution >= 4 is 21.6 Å². The minimum Gasteiger partial charge on any atom is -0.496 e. The number of carbonyl (C=O) groups is 1. The van der Waals surface area contributed by atoms with Gasteiger partial charge in [0.25, 0.3) is 5.91 Å². The smallest absolute Gasteiger partial charge is 0.251 e. The summed E-state index contributed by atoms with van der Waals surface area (Å²) < 4.78 is 30.6. The van der Waals surface area contributed by atoms with Crippen LogP contribution in [0.25, 0.3) is 0 Å². The van der Waals surface area contributed by atoms with Crippen LogP contribution in [-0.2, 0) is 22.9 Å². The van der Waals surface area contributed by atoms with Crippen molar-refractivity contribution in [2.24, 2.45) is 0 Å². The number of amides is 1. The number of rotatable bonds is 6. The first-order chi connectivity index (χ1) is 12.9. The topological polar surface area (TPSA) is 75.7 Å². The fourth-order valence-electron chi connectivity index (χ4n) is 3.37. The molecule has 0 aromatic heterocycles. The van der Waals surface area contributed by atoms with Crippen LogP contribution in [0.2, 0.25) is 0 Å². The molecule has 0 unspecified atom stereocenters. The van der Waals surface area contributed by atoms with E-state index in [1.165, 1.54) is 10.6 Å². The minimum atomic E-state index is -3.30. The van der Waals surface area contributed by atoms with Gasteiger partial charge in [0.15, 0.2) is 0 Å². The molecule has 1 aliphatic rings. The average molecular weight is 388 g/mol. The molecule has 3 rings (SSSR count). The third-order valence-corrected chi connectivity index (χ3v) is 5.87. The van der Waals surface area contributed by atoms with Gasteiger partial charge in [0.1, 0.15) is 5.75 Å². The van der Waals surface area contributed by atoms with E-state index in [9.17, 15) is 13.2 Å². The Kier molecular flexibility index (Phi) is 5.70. The molecule has 2 aromatic carbocycles. The molecule has 1 aliphatic heterocycles. The van der Waals surface area contributed by atoms with E-state index >= 15 is 0 Å². The average Bonchev–Trinajstić information content (AvgIpc) is 2.66. The van der Waals surface area contributed by atoms with Gasteiger partial charge in [-0.3, -0.25) is 9.10 Å². The number of fused-ring (bicyclic) bond motifs is 1. The molecular formula is C20H24N2O4S. The minimum absolute atomic E-state index is 0.163. The number of sulfonamides is 1. The Morgan fingerprint density at radius 2 is 2.00 bits per heavy atom. The Balaban J connectivity index is 1.67. The van der Waals surface area contributed by atoms with Crippen LogP contribution in [0.1, 0.15) is 27.9 Å². The normalized spacial score (nSPS) is 13.8. The second-order valence-electron chi connectivity index (χ2n) is 6.60. The zero-order chi connectivity index (χ0) is 19.4. The number of aryl methyl sites for hydroxylation is 1. The standard InChI is InChI=1S/C20H24N2O4S/c1-26-19-8-4-3-6-15(19)11-12-21-20(23)17-9-10-18-16(14-17)7-5-13-22(18)27(2,24)25/h3-4,6,8-10,14H,5,7,11-13H2,1-2H3,(H,21,23). The number of anilines is 1. The number of benzene rings is 2. The van der Waals surface area contributed by atoms with Gasteiger partial charge in [-0.2, -0.15) is 0 Å². The highest BCUT2D eigenvalue weighted by Crippen LogP contribution is 2.29. The molecule has 1 heterocycles. The first kappa shape index (κ1) is 19.2. The summed E-state index contributed by atoms with van der Waals surface area (Å²) in [5, 5.41) is 2.92. The summed E-state index contributed by atoms with van der Waals surface area (Å²) in [5.74, 6) is 0.644. The predicted molar refractivity (Wildman–Crippen MR) is 106 cm³/mol. The fraction of sp³-hybridized carbons (Fsp3) is 0.350. The van der Waals surface area contributed by atoms with Gasteiger partial charge >= 0.3 is 0 Å². The van der Waals surface area contributed by atoms with Crippen molar-refractivity contribution in [1.82, 2.24) is 5.32 Å². The molecule has 0 bridgehead atoms. The molecule has 0 saturated heterocycles. The zero-order valence-corrected chi connectivity index (χ0v) is 16.4. The van der Waals surface area contributed by atoms with Crippen molar-refractivity contribution in [2.45, 2.75) is 19.3 Å². The van der Waals surface area contributed by atoms with Crippen LogP contribution < -0.4 is 14.4 Å². The van der Waals surface area contributed by atoms with Gasteiger partial charge in [0.05, 0.1) is 19.1 Å². The lowest BCUT2D eigenvalue weighted by molar-refractivity contribution is 0.0954. The molecule has 0 fully saturated rings. The molecule has 0 aliphatic carbocycles. The summed E-state index contributed by atoms with van der Waals surface area (Å²) in [6.45, 7) is 0.974. The van der Waals surface area contributed by atoms with Gasteiger partial charge < -0.3 is 10.1 Å². The van der Waals surface area contributed by atoms with E-state index in [0.717, 1.165) is 29.7 Å². The number of methoxy groups -OCH3 is 1. The molecule has 144 valence electrons. The van der Waals surface area contributed by atoms with E-state index in [-0.39, 0.29) is 5.91 Å². The van der Waals surface area contributed by atoms with Crippen LogP contribution in [0.5, 0.6) is 5.75 Å². The summed E-state index contributed by atoms with van der Waals surface area (Å²) in [6, 6.07) is 12.9. The lowest BCUT2D eigenvalue weighted by atomic mass is 10.0. The molecule has 6 nitrogen and oxygen atoms in total. The highest BCUT2D eigenvalue weighted by molar-refractivity contribution is 7.92. The molecule has 1 amide bonds. The Morgan fingerprint density at radius 3 is 2.74 bits per heavy atom. The summed E-state index contributed by atoms with van der Waals surface area (Å²) in [5.41, 5.74) is 3.15. The second-order valence-corrected chi connectivity index (χ2v) is 8.51.